The Labute approximate surface area is 472 Å². The summed E-state index contributed by atoms with van der Waals surface area (Å²) in [5.41, 5.74) is 17.7. The predicted molar refractivity (Wildman–Crippen MR) is 281 cm³/mol. The molecule has 82 heavy (non-hydrogen) atoms. The van der Waals surface area contributed by atoms with Crippen molar-refractivity contribution in [2.75, 3.05) is 93.5 Å². The topological polar surface area (TPSA) is 462 Å². The molecule has 456 valence electrons. The van der Waals surface area contributed by atoms with Gasteiger partial charge in [0.05, 0.1) is 156 Å². The number of carbonyl (C=O) groups is 5. The lowest BCUT2D eigenvalue weighted by atomic mass is 9.85. The summed E-state index contributed by atoms with van der Waals surface area (Å²) >= 11 is 0. The van der Waals surface area contributed by atoms with Crippen molar-refractivity contribution in [3.8, 4) is 12.3 Å². The van der Waals surface area contributed by atoms with E-state index in [9.17, 15) is 44.4 Å². The summed E-state index contributed by atoms with van der Waals surface area (Å²) < 4.78 is 58.2. The molecule has 0 spiro atoms. The molecule has 4 rings (SSSR count). The molecule has 0 saturated heterocycles. The minimum absolute atomic E-state index is 0.00000284. The number of methoxy groups -OCH3 is 2. The maximum absolute atomic E-state index is 13.9. The molecule has 2 aliphatic heterocycles. The molecule has 4 heterocycles. The quantitative estimate of drug-likeness (QED) is 0.00985. The van der Waals surface area contributed by atoms with Gasteiger partial charge in [0.1, 0.15) is 48.5 Å². The zero-order valence-corrected chi connectivity index (χ0v) is 46.1. The van der Waals surface area contributed by atoms with Gasteiger partial charge < -0.3 is 101 Å². The van der Waals surface area contributed by atoms with Crippen molar-refractivity contribution in [2.45, 2.75) is 108 Å². The van der Waals surface area contributed by atoms with Crippen LogP contribution in [-0.2, 0) is 97.5 Å². The summed E-state index contributed by atoms with van der Waals surface area (Å²) in [7, 11) is 2.24. The van der Waals surface area contributed by atoms with E-state index >= 15 is 0 Å². The van der Waals surface area contributed by atoms with Crippen LogP contribution in [0.3, 0.4) is 0 Å². The summed E-state index contributed by atoms with van der Waals surface area (Å²) in [6, 6.07) is -3.20. The number of guanidine groups is 1. The van der Waals surface area contributed by atoms with Crippen LogP contribution in [0.1, 0.15) is 38.1 Å². The molecule has 3 amide bonds. The highest BCUT2D eigenvalue weighted by Crippen LogP contribution is 2.31. The standard InChI is InChI=1S/C49H76N14O19/c1-6-10-75-14-16-77-18-19-78-17-15-76-11-7-40(70)61(23-32-25-62(59-57-32)8-12-79-43(35(68)27-64)45-41(54-29(2)66)31(21-39(50)51)20-37(81-45)47(71)73-4)24-33-26-63(60-58-33)9-13-80-44(36(69)28-65)46-42(55-30(3)67)34(56-49(52)53)22-38(82-46)48(72)74-5/h1,20,22,25-26,31,34-36,41-46,64-65,68-69H,7-19,21,23-24,27-28H2,2-5H3,(H3,50,51)(H,54,66)(H,55,67)(H4,52,53,56)/t31-,34+,35-,36-,41-,42-,43-,44-,45-,46-/m1/s1. The van der Waals surface area contributed by atoms with Gasteiger partial charge in [-0.3, -0.25) is 19.8 Å². The first-order chi connectivity index (χ1) is 39.3. The fourth-order valence-corrected chi connectivity index (χ4v) is 8.44. The summed E-state index contributed by atoms with van der Waals surface area (Å²) in [6.45, 7) is 2.22. The Balaban J connectivity index is 1.48. The van der Waals surface area contributed by atoms with Gasteiger partial charge in [0.2, 0.25) is 29.2 Å². The van der Waals surface area contributed by atoms with Gasteiger partial charge in [-0.25, -0.2) is 23.9 Å². The number of amidine groups is 1. The first kappa shape index (κ1) is 67.1. The van der Waals surface area contributed by atoms with Crippen molar-refractivity contribution < 1.29 is 91.8 Å². The van der Waals surface area contributed by atoms with Crippen LogP contribution < -0.4 is 27.8 Å². The molecule has 2 aromatic heterocycles. The lowest BCUT2D eigenvalue weighted by molar-refractivity contribution is -0.158. The third kappa shape index (κ3) is 22.2. The fourth-order valence-electron chi connectivity index (χ4n) is 8.44. The number of terminal acetylenes is 1. The number of carbonyl (C=O) groups excluding carboxylic acids is 5. The lowest BCUT2D eigenvalue weighted by Crippen LogP contribution is -2.60. The van der Waals surface area contributed by atoms with E-state index in [1.54, 1.807) is 6.20 Å². The lowest BCUT2D eigenvalue weighted by Gasteiger charge is -2.41. The molecule has 33 heteroatoms. The molecule has 0 aliphatic carbocycles. The minimum atomic E-state index is -1.62. The Kier molecular flexibility index (Phi) is 29.0. The maximum Gasteiger partial charge on any atom is 0.373 e. The molecule has 0 saturated carbocycles. The normalized spacial score (nSPS) is 20.0. The average Bonchev–Trinajstić information content (AvgIpc) is 3.31. The SMILES string of the molecule is C#CCOCCOCCOCCOCCC(=O)N(Cc1cn(CCO[C@@H]([C@@H]2OC(C(=O)OC)=C[C@H](CC(=N)N)[C@H]2NC(C)=O)[C@H](O)CO)nn1)Cc1cn(CCO[C@@H]([C@@H]2OC(C(=O)OC)=C[C@H](N=C(N)N)[C@H]2NC(C)=O)[C@H](O)CO)nn1. The number of amides is 3. The molecule has 2 aromatic rings. The first-order valence-electron chi connectivity index (χ1n) is 25.8. The monoisotopic (exact) mass is 1160 g/mol. The number of nitrogens with zero attached hydrogens (tertiary/aromatic N) is 8. The van der Waals surface area contributed by atoms with E-state index in [2.05, 4.69) is 42.2 Å². The minimum Gasteiger partial charge on any atom is -0.478 e. The van der Waals surface area contributed by atoms with E-state index in [-0.39, 0.29) is 108 Å². The largest absolute Gasteiger partial charge is 0.478 e. The van der Waals surface area contributed by atoms with Gasteiger partial charge in [-0.05, 0) is 12.2 Å². The molecule has 0 fully saturated rings. The number of hydrogen-bond donors (Lipinski definition) is 10. The van der Waals surface area contributed by atoms with Crippen molar-refractivity contribution in [3.05, 3.63) is 47.5 Å². The Hall–Kier alpha value is -7.39. The van der Waals surface area contributed by atoms with Gasteiger partial charge in [-0.2, -0.15) is 0 Å². The molecule has 13 N–H and O–H groups in total. The van der Waals surface area contributed by atoms with E-state index in [0.29, 0.717) is 37.8 Å². The summed E-state index contributed by atoms with van der Waals surface area (Å²) in [6.07, 6.45) is 2.01. The second-order valence-electron chi connectivity index (χ2n) is 18.3. The van der Waals surface area contributed by atoms with Crippen LogP contribution in [0.5, 0.6) is 0 Å². The van der Waals surface area contributed by atoms with Crippen molar-refractivity contribution >= 4 is 41.5 Å². The second kappa shape index (κ2) is 35.5. The van der Waals surface area contributed by atoms with Crippen LogP contribution in [-0.4, -0.2) is 245 Å². The number of aliphatic imine (C=N–C) groups is 1. The third-order valence-corrected chi connectivity index (χ3v) is 12.1. The number of hydrogen-bond acceptors (Lipinski definition) is 25. The van der Waals surface area contributed by atoms with Crippen LogP contribution in [0.2, 0.25) is 0 Å². The number of aliphatic hydroxyl groups excluding tert-OH is 4. The maximum atomic E-state index is 13.9. The molecule has 2 aliphatic rings. The molecular weight excluding hydrogens is 1090 g/mol. The Bertz CT molecular complexity index is 2500. The molecule has 0 unspecified atom stereocenters. The number of esters is 2. The predicted octanol–water partition coefficient (Wildman–Crippen LogP) is -5.53. The zero-order valence-electron chi connectivity index (χ0n) is 46.1. The number of nitrogens with two attached hydrogens (primary N) is 3. The van der Waals surface area contributed by atoms with E-state index in [1.165, 1.54) is 46.5 Å². The van der Waals surface area contributed by atoms with E-state index < -0.39 is 97.6 Å². The number of aromatic nitrogens is 6. The summed E-state index contributed by atoms with van der Waals surface area (Å²) in [5, 5.41) is 72.3. The average molecular weight is 1170 g/mol. The number of rotatable bonds is 38. The van der Waals surface area contributed by atoms with Crippen LogP contribution in [0.4, 0.5) is 0 Å². The highest BCUT2D eigenvalue weighted by molar-refractivity contribution is 5.87. The van der Waals surface area contributed by atoms with E-state index in [4.69, 9.17) is 76.4 Å². The van der Waals surface area contributed by atoms with Gasteiger partial charge in [0, 0.05) is 26.2 Å². The van der Waals surface area contributed by atoms with Crippen LogP contribution in [0.25, 0.3) is 0 Å². The Morgan fingerprint density at radius 2 is 1.21 bits per heavy atom. The molecular formula is C49H76N14O19. The van der Waals surface area contributed by atoms with Crippen molar-refractivity contribution in [3.63, 3.8) is 0 Å². The molecule has 0 radical (unpaired) electrons. The third-order valence-electron chi connectivity index (χ3n) is 12.1. The Morgan fingerprint density at radius 3 is 1.66 bits per heavy atom. The van der Waals surface area contributed by atoms with Gasteiger partial charge in [-0.1, -0.05) is 16.3 Å². The second-order valence-corrected chi connectivity index (χ2v) is 18.3. The van der Waals surface area contributed by atoms with Crippen molar-refractivity contribution in [2.24, 2.45) is 28.1 Å². The highest BCUT2D eigenvalue weighted by atomic mass is 16.6. The number of aliphatic hydroxyl groups is 4. The summed E-state index contributed by atoms with van der Waals surface area (Å²) in [5.74, 6) is -2.89. The Morgan fingerprint density at radius 1 is 0.744 bits per heavy atom. The van der Waals surface area contributed by atoms with Gasteiger partial charge >= 0.3 is 11.9 Å². The number of ether oxygens (including phenoxy) is 10. The first-order valence-corrected chi connectivity index (χ1v) is 25.8. The van der Waals surface area contributed by atoms with E-state index in [0.717, 1.165) is 14.2 Å². The van der Waals surface area contributed by atoms with E-state index in [1.807, 2.05) is 0 Å². The highest BCUT2D eigenvalue weighted by Gasteiger charge is 2.47. The molecule has 33 nitrogen and oxygen atoms in total. The molecule has 10 atom stereocenters. The van der Waals surface area contributed by atoms with Crippen LogP contribution in [0.15, 0.2) is 41.1 Å². The molecule has 0 bridgehead atoms. The smallest absolute Gasteiger partial charge is 0.373 e. The summed E-state index contributed by atoms with van der Waals surface area (Å²) in [4.78, 5) is 69.5. The van der Waals surface area contributed by atoms with Crippen molar-refractivity contribution in [1.82, 2.24) is 45.5 Å². The van der Waals surface area contributed by atoms with Gasteiger partial charge in [0.15, 0.2) is 12.1 Å². The van der Waals surface area contributed by atoms with Crippen LogP contribution in [0, 0.1) is 23.7 Å². The fraction of sp³-hybridized carbons (Fsp3) is 0.653. The van der Waals surface area contributed by atoms with Gasteiger partial charge in [0.25, 0.3) is 0 Å². The zero-order chi connectivity index (χ0) is 60.1. The van der Waals surface area contributed by atoms with Crippen LogP contribution >= 0.6 is 0 Å². The van der Waals surface area contributed by atoms with Gasteiger partial charge in [-0.15, -0.1) is 16.6 Å². The molecule has 0 aromatic carbocycles. The number of nitrogens with one attached hydrogen (secondary N) is 3. The van der Waals surface area contributed by atoms with Crippen molar-refractivity contribution in [1.29, 1.82) is 5.41 Å².